The minimum absolute atomic E-state index is 0.0741. The van der Waals surface area contributed by atoms with Crippen molar-refractivity contribution in [2.24, 2.45) is 0 Å². The number of ether oxygens (including phenoxy) is 1. The highest BCUT2D eigenvalue weighted by atomic mass is 16.5. The van der Waals surface area contributed by atoms with Crippen LogP contribution in [0.15, 0.2) is 97.1 Å². The number of nitrogens with zero attached hydrogens (tertiary/aromatic N) is 2. The molecule has 1 N–H and O–H groups in total. The summed E-state index contributed by atoms with van der Waals surface area (Å²) in [5.74, 6) is 1.98. The second-order valence-corrected chi connectivity index (χ2v) is 8.93. The number of amides is 1. The van der Waals surface area contributed by atoms with Crippen LogP contribution in [0.5, 0.6) is 5.75 Å². The first-order valence-corrected chi connectivity index (χ1v) is 12.6. The number of carbonyl (C=O) groups is 1. The van der Waals surface area contributed by atoms with Gasteiger partial charge in [-0.3, -0.25) is 4.79 Å². The normalized spacial score (nSPS) is 11.1. The number of imidazole rings is 1. The minimum atomic E-state index is 0.0741. The van der Waals surface area contributed by atoms with Gasteiger partial charge in [-0.05, 0) is 42.0 Å². The zero-order chi connectivity index (χ0) is 24.6. The third-order valence-corrected chi connectivity index (χ3v) is 6.42. The molecule has 1 aromatic heterocycles. The number of aryl methyl sites for hydroxylation is 2. The van der Waals surface area contributed by atoms with Gasteiger partial charge in [0.1, 0.15) is 11.6 Å². The van der Waals surface area contributed by atoms with Crippen LogP contribution in [0, 0.1) is 0 Å². The van der Waals surface area contributed by atoms with Gasteiger partial charge in [0.15, 0.2) is 0 Å². The van der Waals surface area contributed by atoms with E-state index in [-0.39, 0.29) is 5.91 Å². The summed E-state index contributed by atoms with van der Waals surface area (Å²) in [5, 5.41) is 5.38. The van der Waals surface area contributed by atoms with Crippen molar-refractivity contribution in [3.05, 3.63) is 108 Å². The zero-order valence-corrected chi connectivity index (χ0v) is 20.4. The molecule has 0 aliphatic rings. The van der Waals surface area contributed by atoms with Gasteiger partial charge in [0.25, 0.3) is 0 Å². The molecular weight excluding hydrogens is 446 g/mol. The number of hydrogen-bond donors (Lipinski definition) is 1. The van der Waals surface area contributed by atoms with Crippen LogP contribution in [0.1, 0.15) is 24.2 Å². The lowest BCUT2D eigenvalue weighted by Crippen LogP contribution is -2.26. The molecule has 36 heavy (non-hydrogen) atoms. The molecule has 0 spiro atoms. The number of carbonyl (C=O) groups excluding carboxylic acids is 1. The molecule has 1 heterocycles. The fourth-order valence-electron chi connectivity index (χ4n) is 4.60. The summed E-state index contributed by atoms with van der Waals surface area (Å²) in [6.45, 7) is 2.00. The van der Waals surface area contributed by atoms with Gasteiger partial charge >= 0.3 is 0 Å². The van der Waals surface area contributed by atoms with E-state index in [0.29, 0.717) is 26.0 Å². The number of aromatic nitrogens is 2. The molecule has 0 aliphatic heterocycles. The first-order valence-electron chi connectivity index (χ1n) is 12.6. The Morgan fingerprint density at radius 1 is 0.833 bits per heavy atom. The van der Waals surface area contributed by atoms with Crippen LogP contribution in [0.25, 0.3) is 21.8 Å². The maximum Gasteiger partial charge on any atom is 0.220 e. The van der Waals surface area contributed by atoms with Gasteiger partial charge in [-0.1, -0.05) is 78.9 Å². The highest BCUT2D eigenvalue weighted by molar-refractivity contribution is 5.88. The summed E-state index contributed by atoms with van der Waals surface area (Å²) >= 11 is 0. The minimum Gasteiger partial charge on any atom is -0.493 e. The summed E-state index contributed by atoms with van der Waals surface area (Å²) in [6, 6.07) is 32.8. The molecule has 0 atom stereocenters. The average Bonchev–Trinajstić information content (AvgIpc) is 3.28. The van der Waals surface area contributed by atoms with E-state index >= 15 is 0 Å². The molecule has 0 saturated heterocycles. The van der Waals surface area contributed by atoms with E-state index in [1.165, 1.54) is 10.9 Å². The van der Waals surface area contributed by atoms with Crippen molar-refractivity contribution in [2.75, 3.05) is 13.2 Å². The molecule has 5 heteroatoms. The zero-order valence-electron chi connectivity index (χ0n) is 20.4. The van der Waals surface area contributed by atoms with Gasteiger partial charge in [0.05, 0.1) is 17.6 Å². The number of hydrogen-bond acceptors (Lipinski definition) is 3. The molecule has 5 rings (SSSR count). The van der Waals surface area contributed by atoms with Crippen LogP contribution >= 0.6 is 0 Å². The van der Waals surface area contributed by atoms with Gasteiger partial charge < -0.3 is 14.6 Å². The topological polar surface area (TPSA) is 56.2 Å². The fourth-order valence-corrected chi connectivity index (χ4v) is 4.60. The van der Waals surface area contributed by atoms with E-state index in [2.05, 4.69) is 46.3 Å². The van der Waals surface area contributed by atoms with Crippen LogP contribution in [-0.2, 0) is 24.2 Å². The highest BCUT2D eigenvalue weighted by Crippen LogP contribution is 2.25. The Morgan fingerprint density at radius 2 is 1.61 bits per heavy atom. The summed E-state index contributed by atoms with van der Waals surface area (Å²) < 4.78 is 8.42. The van der Waals surface area contributed by atoms with Crippen LogP contribution in [0.3, 0.4) is 0 Å². The number of fused-ring (bicyclic) bond motifs is 2. The van der Waals surface area contributed by atoms with Crippen molar-refractivity contribution >= 4 is 27.7 Å². The van der Waals surface area contributed by atoms with E-state index in [4.69, 9.17) is 9.72 Å². The number of rotatable bonds is 11. The van der Waals surface area contributed by atoms with E-state index in [1.54, 1.807) is 0 Å². The number of benzene rings is 4. The molecule has 0 aliphatic carbocycles. The predicted molar refractivity (Wildman–Crippen MR) is 145 cm³/mol. The Morgan fingerprint density at radius 3 is 2.53 bits per heavy atom. The highest BCUT2D eigenvalue weighted by Gasteiger charge is 2.11. The van der Waals surface area contributed by atoms with Crippen molar-refractivity contribution < 1.29 is 9.53 Å². The third kappa shape index (κ3) is 5.74. The summed E-state index contributed by atoms with van der Waals surface area (Å²) in [6.07, 6.45) is 2.80. The smallest absolute Gasteiger partial charge is 0.220 e. The quantitative estimate of drug-likeness (QED) is 0.239. The number of para-hydroxylation sites is 2. The van der Waals surface area contributed by atoms with Crippen LogP contribution in [0.4, 0.5) is 0 Å². The molecule has 0 unspecified atom stereocenters. The molecular formula is C31H31N3O2. The van der Waals surface area contributed by atoms with Crippen LogP contribution in [-0.4, -0.2) is 28.6 Å². The van der Waals surface area contributed by atoms with Crippen molar-refractivity contribution in [1.29, 1.82) is 0 Å². The van der Waals surface area contributed by atoms with E-state index < -0.39 is 0 Å². The van der Waals surface area contributed by atoms with Crippen molar-refractivity contribution in [3.8, 4) is 5.75 Å². The first kappa shape index (κ1) is 23.6. The Kier molecular flexibility index (Phi) is 7.57. The Labute approximate surface area is 211 Å². The van der Waals surface area contributed by atoms with Crippen molar-refractivity contribution in [3.63, 3.8) is 0 Å². The largest absolute Gasteiger partial charge is 0.493 e. The molecule has 1 amide bonds. The predicted octanol–water partition coefficient (Wildman–Crippen LogP) is 5.95. The SMILES string of the molecule is O=C(CCc1ccccc1)NCCc1nc2ccccc2n1CCCOc1cccc2ccccc12. The van der Waals surface area contributed by atoms with Gasteiger partial charge in [-0.2, -0.15) is 0 Å². The first-order chi connectivity index (χ1) is 17.8. The molecule has 5 nitrogen and oxygen atoms in total. The van der Waals surface area contributed by atoms with Crippen LogP contribution < -0.4 is 10.1 Å². The second kappa shape index (κ2) is 11.5. The van der Waals surface area contributed by atoms with E-state index in [9.17, 15) is 4.79 Å². The second-order valence-electron chi connectivity index (χ2n) is 8.93. The van der Waals surface area contributed by atoms with Gasteiger partial charge in [0, 0.05) is 31.3 Å². The van der Waals surface area contributed by atoms with Gasteiger partial charge in [-0.15, -0.1) is 0 Å². The van der Waals surface area contributed by atoms with Crippen molar-refractivity contribution in [1.82, 2.24) is 14.9 Å². The van der Waals surface area contributed by atoms with E-state index in [1.807, 2.05) is 60.7 Å². The summed E-state index contributed by atoms with van der Waals surface area (Å²) in [7, 11) is 0. The van der Waals surface area contributed by atoms with Gasteiger partial charge in [0.2, 0.25) is 5.91 Å². The molecule has 0 radical (unpaired) electrons. The van der Waals surface area contributed by atoms with Crippen molar-refractivity contribution in [2.45, 2.75) is 32.2 Å². The monoisotopic (exact) mass is 477 g/mol. The standard InChI is InChI=1S/C31H31N3O2/c35-31(19-18-24-10-2-1-3-11-24)32-21-20-30-33-27-15-6-7-16-28(27)34(30)22-9-23-36-29-17-8-13-25-12-4-5-14-26(25)29/h1-8,10-17H,9,18-23H2,(H,32,35). The molecule has 0 fully saturated rings. The third-order valence-electron chi connectivity index (χ3n) is 6.42. The number of nitrogens with one attached hydrogen (secondary N) is 1. The van der Waals surface area contributed by atoms with Crippen LogP contribution in [0.2, 0.25) is 0 Å². The van der Waals surface area contributed by atoms with Gasteiger partial charge in [-0.25, -0.2) is 4.98 Å². The molecule has 0 bridgehead atoms. The molecule has 5 aromatic rings. The molecule has 0 saturated carbocycles. The lowest BCUT2D eigenvalue weighted by molar-refractivity contribution is -0.121. The molecule has 4 aromatic carbocycles. The Hall–Kier alpha value is -4.12. The lowest BCUT2D eigenvalue weighted by Gasteiger charge is -2.12. The Bertz CT molecular complexity index is 1440. The average molecular weight is 478 g/mol. The molecule has 182 valence electrons. The summed E-state index contributed by atoms with van der Waals surface area (Å²) in [5.41, 5.74) is 3.28. The maximum atomic E-state index is 12.3. The fraction of sp³-hybridized carbons (Fsp3) is 0.226. The lowest BCUT2D eigenvalue weighted by atomic mass is 10.1. The maximum absolute atomic E-state index is 12.3. The van der Waals surface area contributed by atoms with E-state index in [0.717, 1.165) is 47.4 Å². The summed E-state index contributed by atoms with van der Waals surface area (Å²) in [4.78, 5) is 17.2. The Balaban J connectivity index is 1.17.